The fourth-order valence-electron chi connectivity index (χ4n) is 2.01. The van der Waals surface area contributed by atoms with E-state index in [-0.39, 0.29) is 11.8 Å². The molecule has 1 saturated carbocycles. The number of hydrogen-bond donors (Lipinski definition) is 2. The van der Waals surface area contributed by atoms with Crippen LogP contribution in [0.15, 0.2) is 12.3 Å². The summed E-state index contributed by atoms with van der Waals surface area (Å²) in [7, 11) is 0. The SMILES string of the molecule is O=C(C1CC1)N1CC(O)(c2ccn[nH]2)C1. The summed E-state index contributed by atoms with van der Waals surface area (Å²) in [5, 5.41) is 16.7. The maximum absolute atomic E-state index is 11.6. The molecular weight excluding hydrogens is 194 g/mol. The van der Waals surface area contributed by atoms with Crippen LogP contribution in [-0.4, -0.2) is 39.2 Å². The van der Waals surface area contributed by atoms with Crippen LogP contribution >= 0.6 is 0 Å². The van der Waals surface area contributed by atoms with Crippen molar-refractivity contribution < 1.29 is 9.90 Å². The Morgan fingerprint density at radius 3 is 2.87 bits per heavy atom. The maximum Gasteiger partial charge on any atom is 0.225 e. The van der Waals surface area contributed by atoms with Gasteiger partial charge in [0.2, 0.25) is 5.91 Å². The van der Waals surface area contributed by atoms with Gasteiger partial charge in [-0.15, -0.1) is 0 Å². The summed E-state index contributed by atoms with van der Waals surface area (Å²) < 4.78 is 0. The normalized spacial score (nSPS) is 23.7. The van der Waals surface area contributed by atoms with Crippen molar-refractivity contribution in [1.29, 1.82) is 0 Å². The average Bonchev–Trinajstić information content (AvgIpc) is 2.88. The van der Waals surface area contributed by atoms with Crippen LogP contribution in [0.1, 0.15) is 18.5 Å². The molecule has 5 heteroatoms. The summed E-state index contributed by atoms with van der Waals surface area (Å²) in [5.74, 6) is 0.426. The predicted molar refractivity (Wildman–Crippen MR) is 51.8 cm³/mol. The molecule has 1 amide bonds. The number of amides is 1. The Morgan fingerprint density at radius 1 is 1.60 bits per heavy atom. The molecule has 80 valence electrons. The van der Waals surface area contributed by atoms with Crippen LogP contribution in [0.4, 0.5) is 0 Å². The molecule has 1 aromatic rings. The van der Waals surface area contributed by atoms with E-state index >= 15 is 0 Å². The summed E-state index contributed by atoms with van der Waals surface area (Å²) in [5.41, 5.74) is -0.205. The highest BCUT2D eigenvalue weighted by molar-refractivity contribution is 5.82. The van der Waals surface area contributed by atoms with Gasteiger partial charge in [0.1, 0.15) is 5.60 Å². The first-order chi connectivity index (χ1) is 7.19. The lowest BCUT2D eigenvalue weighted by molar-refractivity contribution is -0.159. The molecule has 1 aliphatic heterocycles. The van der Waals surface area contributed by atoms with Crippen molar-refractivity contribution in [3.63, 3.8) is 0 Å². The molecule has 1 aromatic heterocycles. The van der Waals surface area contributed by atoms with Gasteiger partial charge in [-0.2, -0.15) is 5.10 Å². The predicted octanol–water partition coefficient (Wildman–Crippen LogP) is -0.151. The molecule has 1 aliphatic carbocycles. The number of aromatic amines is 1. The Labute approximate surface area is 87.1 Å². The smallest absolute Gasteiger partial charge is 0.225 e. The van der Waals surface area contributed by atoms with Crippen molar-refractivity contribution in [3.8, 4) is 0 Å². The van der Waals surface area contributed by atoms with Crippen molar-refractivity contribution in [2.75, 3.05) is 13.1 Å². The van der Waals surface area contributed by atoms with E-state index in [1.807, 2.05) is 0 Å². The minimum absolute atomic E-state index is 0.194. The Kier molecular flexibility index (Phi) is 1.68. The number of nitrogens with zero attached hydrogens (tertiary/aromatic N) is 2. The second-order valence-corrected chi connectivity index (χ2v) is 4.47. The maximum atomic E-state index is 11.6. The van der Waals surface area contributed by atoms with Crippen molar-refractivity contribution >= 4 is 5.91 Å². The molecule has 0 radical (unpaired) electrons. The molecule has 0 aromatic carbocycles. The minimum atomic E-state index is -0.902. The van der Waals surface area contributed by atoms with Crippen LogP contribution in [-0.2, 0) is 10.4 Å². The van der Waals surface area contributed by atoms with Gasteiger partial charge in [-0.25, -0.2) is 0 Å². The highest BCUT2D eigenvalue weighted by atomic mass is 16.3. The van der Waals surface area contributed by atoms with E-state index in [9.17, 15) is 9.90 Å². The lowest BCUT2D eigenvalue weighted by Gasteiger charge is -2.45. The van der Waals surface area contributed by atoms with Gasteiger partial charge in [0.15, 0.2) is 0 Å². The highest BCUT2D eigenvalue weighted by Crippen LogP contribution is 2.37. The van der Waals surface area contributed by atoms with Crippen molar-refractivity contribution in [3.05, 3.63) is 18.0 Å². The zero-order valence-electron chi connectivity index (χ0n) is 8.31. The van der Waals surface area contributed by atoms with Gasteiger partial charge in [-0.05, 0) is 18.9 Å². The number of carbonyl (C=O) groups is 1. The van der Waals surface area contributed by atoms with Crippen LogP contribution in [0.2, 0.25) is 0 Å². The summed E-state index contributed by atoms with van der Waals surface area (Å²) in [6, 6.07) is 1.75. The van der Waals surface area contributed by atoms with Gasteiger partial charge >= 0.3 is 0 Å². The molecular formula is C10H13N3O2. The number of β-amino-alcohol motifs (C(OH)–C–C–N with tert-alkyl or cyclic N) is 1. The molecule has 15 heavy (non-hydrogen) atoms. The fraction of sp³-hybridized carbons (Fsp3) is 0.600. The molecule has 0 spiro atoms. The summed E-state index contributed by atoms with van der Waals surface area (Å²) in [6.45, 7) is 0.787. The first-order valence-corrected chi connectivity index (χ1v) is 5.20. The monoisotopic (exact) mass is 207 g/mol. The van der Waals surface area contributed by atoms with E-state index in [2.05, 4.69) is 10.2 Å². The van der Waals surface area contributed by atoms with Gasteiger partial charge in [0, 0.05) is 12.1 Å². The third-order valence-electron chi connectivity index (χ3n) is 3.15. The number of likely N-dealkylation sites (tertiary alicyclic amines) is 1. The quantitative estimate of drug-likeness (QED) is 0.708. The zero-order valence-corrected chi connectivity index (χ0v) is 8.31. The Hall–Kier alpha value is -1.36. The number of hydrogen-bond acceptors (Lipinski definition) is 3. The first kappa shape index (κ1) is 8.91. The number of nitrogens with one attached hydrogen (secondary N) is 1. The summed E-state index contributed by atoms with van der Waals surface area (Å²) >= 11 is 0. The zero-order chi connectivity index (χ0) is 10.5. The molecule has 2 N–H and O–H groups in total. The average molecular weight is 207 g/mol. The van der Waals surface area contributed by atoms with Crippen LogP contribution in [0, 0.1) is 5.92 Å². The first-order valence-electron chi connectivity index (χ1n) is 5.20. The summed E-state index contributed by atoms with van der Waals surface area (Å²) in [6.07, 6.45) is 3.63. The van der Waals surface area contributed by atoms with Gasteiger partial charge in [-0.3, -0.25) is 9.89 Å². The van der Waals surface area contributed by atoms with Gasteiger partial charge in [0.25, 0.3) is 0 Å². The lowest BCUT2D eigenvalue weighted by Crippen LogP contribution is -2.61. The highest BCUT2D eigenvalue weighted by Gasteiger charge is 2.48. The Bertz CT molecular complexity index is 377. The Balaban J connectivity index is 1.67. The van der Waals surface area contributed by atoms with Crippen LogP contribution < -0.4 is 0 Å². The number of aliphatic hydroxyl groups is 1. The van der Waals surface area contributed by atoms with Crippen LogP contribution in [0.3, 0.4) is 0 Å². The van der Waals surface area contributed by atoms with E-state index in [4.69, 9.17) is 0 Å². The second-order valence-electron chi connectivity index (χ2n) is 4.47. The number of aromatic nitrogens is 2. The molecule has 1 saturated heterocycles. The van der Waals surface area contributed by atoms with E-state index < -0.39 is 5.60 Å². The number of H-pyrrole nitrogens is 1. The largest absolute Gasteiger partial charge is 0.380 e. The molecule has 0 bridgehead atoms. The number of rotatable bonds is 2. The Morgan fingerprint density at radius 2 is 2.33 bits per heavy atom. The molecule has 5 nitrogen and oxygen atoms in total. The van der Waals surface area contributed by atoms with Gasteiger partial charge < -0.3 is 10.0 Å². The molecule has 2 aliphatic rings. The van der Waals surface area contributed by atoms with Crippen LogP contribution in [0.25, 0.3) is 0 Å². The third-order valence-corrected chi connectivity index (χ3v) is 3.15. The van der Waals surface area contributed by atoms with E-state index in [0.717, 1.165) is 12.8 Å². The summed E-state index contributed by atoms with van der Waals surface area (Å²) in [4.78, 5) is 13.4. The van der Waals surface area contributed by atoms with Gasteiger partial charge in [0.05, 0.1) is 18.8 Å². The van der Waals surface area contributed by atoms with E-state index in [1.54, 1.807) is 17.2 Å². The molecule has 0 atom stereocenters. The van der Waals surface area contributed by atoms with Crippen molar-refractivity contribution in [1.82, 2.24) is 15.1 Å². The molecule has 2 heterocycles. The van der Waals surface area contributed by atoms with E-state index in [0.29, 0.717) is 18.8 Å². The van der Waals surface area contributed by atoms with E-state index in [1.165, 1.54) is 0 Å². The lowest BCUT2D eigenvalue weighted by atomic mass is 9.90. The van der Waals surface area contributed by atoms with Crippen molar-refractivity contribution in [2.24, 2.45) is 5.92 Å². The molecule has 0 unspecified atom stereocenters. The van der Waals surface area contributed by atoms with Crippen molar-refractivity contribution in [2.45, 2.75) is 18.4 Å². The second kappa shape index (κ2) is 2.82. The third kappa shape index (κ3) is 1.34. The minimum Gasteiger partial charge on any atom is -0.380 e. The topological polar surface area (TPSA) is 69.2 Å². The number of carbonyl (C=O) groups excluding carboxylic acids is 1. The fourth-order valence-corrected chi connectivity index (χ4v) is 2.01. The van der Waals surface area contributed by atoms with Gasteiger partial charge in [-0.1, -0.05) is 0 Å². The molecule has 3 rings (SSSR count). The molecule has 2 fully saturated rings. The van der Waals surface area contributed by atoms with Crippen LogP contribution in [0.5, 0.6) is 0 Å². The standard InChI is InChI=1S/C10H13N3O2/c14-9(7-1-2-7)13-5-10(15,6-13)8-3-4-11-12-8/h3-4,7,15H,1-2,5-6H2,(H,11,12).